The van der Waals surface area contributed by atoms with E-state index in [2.05, 4.69) is 30.9 Å². The highest BCUT2D eigenvalue weighted by atomic mass is 79.9. The first-order chi connectivity index (χ1) is 8.61. The summed E-state index contributed by atoms with van der Waals surface area (Å²) in [5.74, 6) is 0.489. The lowest BCUT2D eigenvalue weighted by Gasteiger charge is -2.06. The Morgan fingerprint density at radius 3 is 2.83 bits per heavy atom. The molecule has 0 fully saturated rings. The predicted molar refractivity (Wildman–Crippen MR) is 71.2 cm³/mol. The zero-order valence-corrected chi connectivity index (χ0v) is 11.6. The van der Waals surface area contributed by atoms with Gasteiger partial charge in [0.2, 0.25) is 0 Å². The van der Waals surface area contributed by atoms with Crippen molar-refractivity contribution in [3.63, 3.8) is 0 Å². The number of methoxy groups -OCH3 is 1. The van der Waals surface area contributed by atoms with E-state index < -0.39 is 0 Å². The molecule has 0 amide bonds. The molecule has 2 rings (SSSR count). The normalized spacial score (nSPS) is 10.6. The quantitative estimate of drug-likeness (QED) is 0.942. The van der Waals surface area contributed by atoms with Crippen LogP contribution >= 0.6 is 15.9 Å². The Labute approximate surface area is 112 Å². The second-order valence-corrected chi connectivity index (χ2v) is 4.59. The lowest BCUT2D eigenvalue weighted by atomic mass is 10.2. The van der Waals surface area contributed by atoms with E-state index in [1.807, 2.05) is 19.1 Å². The fourth-order valence-corrected chi connectivity index (χ4v) is 1.78. The van der Waals surface area contributed by atoms with Crippen molar-refractivity contribution >= 4 is 15.9 Å². The minimum absolute atomic E-state index is 0.229. The number of H-pyrrole nitrogens is 1. The zero-order valence-electron chi connectivity index (χ0n) is 10.0. The highest BCUT2D eigenvalue weighted by Gasteiger charge is 2.10. The molecule has 0 aliphatic rings. The second kappa shape index (κ2) is 5.41. The van der Waals surface area contributed by atoms with Crippen LogP contribution in [0, 0.1) is 6.92 Å². The summed E-state index contributed by atoms with van der Waals surface area (Å²) >= 11 is 3.20. The van der Waals surface area contributed by atoms with E-state index >= 15 is 0 Å². The molecule has 0 aliphatic carbocycles. The molecule has 0 spiro atoms. The highest BCUT2D eigenvalue weighted by Crippen LogP contribution is 2.16. The van der Waals surface area contributed by atoms with Crippen molar-refractivity contribution in [3.05, 3.63) is 44.5 Å². The van der Waals surface area contributed by atoms with Crippen molar-refractivity contribution < 1.29 is 4.74 Å². The maximum absolute atomic E-state index is 11.8. The van der Waals surface area contributed by atoms with Crippen molar-refractivity contribution in [1.82, 2.24) is 15.0 Å². The van der Waals surface area contributed by atoms with Gasteiger partial charge in [0, 0.05) is 24.6 Å². The predicted octanol–water partition coefficient (Wildman–Crippen LogP) is 2.05. The van der Waals surface area contributed by atoms with Crippen molar-refractivity contribution in [2.45, 2.75) is 13.5 Å². The summed E-state index contributed by atoms with van der Waals surface area (Å²) in [5.41, 5.74) is 2.02. The smallest absolute Gasteiger partial charge is 0.265 e. The van der Waals surface area contributed by atoms with Gasteiger partial charge in [-0.25, -0.2) is 4.98 Å². The van der Waals surface area contributed by atoms with Gasteiger partial charge in [-0.3, -0.25) is 9.78 Å². The third-order valence-corrected chi connectivity index (χ3v) is 3.22. The second-order valence-electron chi connectivity index (χ2n) is 3.80. The van der Waals surface area contributed by atoms with E-state index in [4.69, 9.17) is 4.74 Å². The minimum atomic E-state index is -0.229. The molecule has 0 radical (unpaired) electrons. The van der Waals surface area contributed by atoms with Gasteiger partial charge in [0.25, 0.3) is 5.56 Å². The number of nitrogens with zero attached hydrogens (tertiary/aromatic N) is 2. The van der Waals surface area contributed by atoms with Crippen LogP contribution < -0.4 is 5.56 Å². The van der Waals surface area contributed by atoms with Crippen LogP contribution in [0.2, 0.25) is 0 Å². The first kappa shape index (κ1) is 12.9. The number of hydrogen-bond donors (Lipinski definition) is 1. The maximum Gasteiger partial charge on any atom is 0.265 e. The van der Waals surface area contributed by atoms with Crippen LogP contribution in [-0.2, 0) is 11.3 Å². The van der Waals surface area contributed by atoms with Gasteiger partial charge in [-0.1, -0.05) is 0 Å². The number of pyridine rings is 1. The molecule has 0 aromatic carbocycles. The van der Waals surface area contributed by atoms with E-state index in [9.17, 15) is 4.79 Å². The summed E-state index contributed by atoms with van der Waals surface area (Å²) in [7, 11) is 1.56. The van der Waals surface area contributed by atoms with Gasteiger partial charge in [-0.15, -0.1) is 0 Å². The van der Waals surface area contributed by atoms with Crippen LogP contribution in [0.5, 0.6) is 0 Å². The van der Waals surface area contributed by atoms with E-state index in [1.165, 1.54) is 0 Å². The minimum Gasteiger partial charge on any atom is -0.378 e. The molecule has 2 aromatic rings. The molecule has 0 saturated carbocycles. The molecular formula is C12H12BrN3O2. The fraction of sp³-hybridized carbons (Fsp3) is 0.250. The van der Waals surface area contributed by atoms with Gasteiger partial charge in [0.05, 0.1) is 12.3 Å². The van der Waals surface area contributed by atoms with Gasteiger partial charge >= 0.3 is 0 Å². The van der Waals surface area contributed by atoms with Crippen molar-refractivity contribution in [1.29, 1.82) is 0 Å². The molecule has 0 bridgehead atoms. The number of aromatic amines is 1. The number of rotatable bonds is 3. The maximum atomic E-state index is 11.8. The number of hydrogen-bond acceptors (Lipinski definition) is 4. The summed E-state index contributed by atoms with van der Waals surface area (Å²) < 4.78 is 5.41. The molecule has 18 heavy (non-hydrogen) atoms. The standard InChI is InChI=1S/C12H12BrN3O2/c1-7-3-4-8(5-14-7)11-15-9(6-18-2)10(13)12(17)16-11/h3-5H,6H2,1-2H3,(H,15,16,17). The van der Waals surface area contributed by atoms with Crippen molar-refractivity contribution in [3.8, 4) is 11.4 Å². The Balaban J connectivity index is 2.51. The summed E-state index contributed by atoms with van der Waals surface area (Å²) in [6.45, 7) is 2.18. The number of aromatic nitrogens is 3. The van der Waals surface area contributed by atoms with Gasteiger partial charge < -0.3 is 9.72 Å². The molecule has 1 N–H and O–H groups in total. The van der Waals surface area contributed by atoms with Crippen LogP contribution in [0.3, 0.4) is 0 Å². The molecule has 0 aliphatic heterocycles. The lowest BCUT2D eigenvalue weighted by Crippen LogP contribution is -2.14. The first-order valence-corrected chi connectivity index (χ1v) is 6.11. The largest absolute Gasteiger partial charge is 0.378 e. The van der Waals surface area contributed by atoms with Crippen LogP contribution in [-0.4, -0.2) is 22.1 Å². The molecule has 6 heteroatoms. The summed E-state index contributed by atoms with van der Waals surface area (Å²) in [5, 5.41) is 0. The summed E-state index contributed by atoms with van der Waals surface area (Å²) in [4.78, 5) is 23.0. The topological polar surface area (TPSA) is 67.9 Å². The SMILES string of the molecule is COCc1nc(-c2ccc(C)nc2)[nH]c(=O)c1Br. The summed E-state index contributed by atoms with van der Waals surface area (Å²) in [6, 6.07) is 3.73. The Kier molecular flexibility index (Phi) is 3.88. The summed E-state index contributed by atoms with van der Waals surface area (Å²) in [6.07, 6.45) is 1.68. The van der Waals surface area contributed by atoms with E-state index in [0.717, 1.165) is 11.3 Å². The lowest BCUT2D eigenvalue weighted by molar-refractivity contribution is 0.180. The van der Waals surface area contributed by atoms with Crippen molar-refractivity contribution in [2.24, 2.45) is 0 Å². The Morgan fingerprint density at radius 1 is 1.44 bits per heavy atom. The van der Waals surface area contributed by atoms with Gasteiger partial charge in [0.1, 0.15) is 10.3 Å². The van der Waals surface area contributed by atoms with Crippen LogP contribution in [0.25, 0.3) is 11.4 Å². The molecule has 2 heterocycles. The molecule has 0 atom stereocenters. The van der Waals surface area contributed by atoms with Crippen LogP contribution in [0.15, 0.2) is 27.6 Å². The third kappa shape index (κ3) is 2.65. The first-order valence-electron chi connectivity index (χ1n) is 5.32. The van der Waals surface area contributed by atoms with Crippen LogP contribution in [0.4, 0.5) is 0 Å². The molecule has 94 valence electrons. The Hall–Kier alpha value is -1.53. The van der Waals surface area contributed by atoms with E-state index in [1.54, 1.807) is 13.3 Å². The number of aryl methyl sites for hydroxylation is 1. The Morgan fingerprint density at radius 2 is 2.22 bits per heavy atom. The molecule has 2 aromatic heterocycles. The average Bonchev–Trinajstić information content (AvgIpc) is 2.36. The number of ether oxygens (including phenoxy) is 1. The highest BCUT2D eigenvalue weighted by molar-refractivity contribution is 9.10. The fourth-order valence-electron chi connectivity index (χ4n) is 1.48. The number of halogens is 1. The number of nitrogens with one attached hydrogen (secondary N) is 1. The van der Waals surface area contributed by atoms with E-state index in [0.29, 0.717) is 16.0 Å². The average molecular weight is 310 g/mol. The molecule has 0 saturated heterocycles. The molecule has 5 nitrogen and oxygen atoms in total. The molecule has 0 unspecified atom stereocenters. The van der Waals surface area contributed by atoms with E-state index in [-0.39, 0.29) is 12.2 Å². The Bertz CT molecular complexity index is 608. The van der Waals surface area contributed by atoms with Gasteiger partial charge in [-0.05, 0) is 35.0 Å². The van der Waals surface area contributed by atoms with Gasteiger partial charge in [0.15, 0.2) is 0 Å². The zero-order chi connectivity index (χ0) is 13.1. The van der Waals surface area contributed by atoms with Crippen LogP contribution in [0.1, 0.15) is 11.4 Å². The molecular weight excluding hydrogens is 298 g/mol. The monoisotopic (exact) mass is 309 g/mol. The third-order valence-electron chi connectivity index (χ3n) is 2.40. The van der Waals surface area contributed by atoms with Gasteiger partial charge in [-0.2, -0.15) is 0 Å². The van der Waals surface area contributed by atoms with Crippen molar-refractivity contribution in [2.75, 3.05) is 7.11 Å².